The summed E-state index contributed by atoms with van der Waals surface area (Å²) in [4.78, 5) is 12.4. The third kappa shape index (κ3) is 4.43. The lowest BCUT2D eigenvalue weighted by molar-refractivity contribution is -0.139. The molecule has 5 nitrogen and oxygen atoms in total. The van der Waals surface area contributed by atoms with Gasteiger partial charge in [0.1, 0.15) is 5.82 Å². The zero-order valence-electron chi connectivity index (χ0n) is 18.0. The van der Waals surface area contributed by atoms with Crippen LogP contribution in [-0.4, -0.2) is 30.3 Å². The molecule has 2 unspecified atom stereocenters. The van der Waals surface area contributed by atoms with Crippen molar-refractivity contribution in [3.05, 3.63) is 58.4 Å². The summed E-state index contributed by atoms with van der Waals surface area (Å²) in [7, 11) is -3.95. The Bertz CT molecular complexity index is 1230. The fraction of sp³-hybridized carbons (Fsp3) is 0.435. The molecule has 2 atom stereocenters. The van der Waals surface area contributed by atoms with Gasteiger partial charge in [-0.05, 0) is 80.8 Å². The number of nitrogens with one attached hydrogen (secondary N) is 1. The highest BCUT2D eigenvalue weighted by molar-refractivity contribution is 7.92. The average Bonchev–Trinajstić information content (AvgIpc) is 2.91. The van der Waals surface area contributed by atoms with Crippen molar-refractivity contribution in [2.75, 3.05) is 5.32 Å². The first-order valence-electron chi connectivity index (χ1n) is 10.6. The number of amides is 1. The summed E-state index contributed by atoms with van der Waals surface area (Å²) in [5.41, 5.74) is -2.88. The van der Waals surface area contributed by atoms with Gasteiger partial charge in [0.2, 0.25) is 0 Å². The lowest BCUT2D eigenvalue weighted by Crippen LogP contribution is -2.45. The van der Waals surface area contributed by atoms with E-state index in [-0.39, 0.29) is 45.8 Å². The number of sulfone groups is 1. The highest BCUT2D eigenvalue weighted by atomic mass is 35.5. The van der Waals surface area contributed by atoms with Crippen LogP contribution in [-0.2, 0) is 16.0 Å². The number of rotatable bonds is 4. The number of halogens is 5. The van der Waals surface area contributed by atoms with Crippen molar-refractivity contribution in [3.63, 3.8) is 0 Å². The van der Waals surface area contributed by atoms with E-state index >= 15 is 0 Å². The monoisotopic (exact) mass is 519 g/mol. The van der Waals surface area contributed by atoms with E-state index in [9.17, 15) is 35.9 Å². The molecule has 2 fully saturated rings. The maximum atomic E-state index is 13.5. The van der Waals surface area contributed by atoms with Gasteiger partial charge < -0.3 is 10.4 Å². The van der Waals surface area contributed by atoms with Crippen LogP contribution in [0.15, 0.2) is 41.3 Å². The van der Waals surface area contributed by atoms with Gasteiger partial charge in [-0.3, -0.25) is 4.79 Å². The Kier molecular flexibility index (Phi) is 6.23. The molecule has 4 rings (SSSR count). The number of benzene rings is 2. The van der Waals surface area contributed by atoms with Gasteiger partial charge in [-0.25, -0.2) is 12.8 Å². The van der Waals surface area contributed by atoms with Crippen LogP contribution in [0.25, 0.3) is 0 Å². The number of fused-ring (bicyclic) bond motifs is 2. The minimum atomic E-state index is -4.95. The van der Waals surface area contributed by atoms with Gasteiger partial charge >= 0.3 is 6.18 Å². The van der Waals surface area contributed by atoms with Crippen molar-refractivity contribution in [1.82, 2.24) is 0 Å². The number of alkyl halides is 3. The van der Waals surface area contributed by atoms with Gasteiger partial charge in [-0.15, -0.1) is 0 Å². The Morgan fingerprint density at radius 2 is 1.74 bits per heavy atom. The minimum Gasteiger partial charge on any atom is -0.390 e. The van der Waals surface area contributed by atoms with Gasteiger partial charge in [-0.1, -0.05) is 11.6 Å². The summed E-state index contributed by atoms with van der Waals surface area (Å²) >= 11 is 6.17. The molecule has 2 aliphatic rings. The molecule has 0 saturated heterocycles. The topological polar surface area (TPSA) is 83.5 Å². The predicted molar refractivity (Wildman–Crippen MR) is 118 cm³/mol. The molecule has 0 radical (unpaired) electrons. The Labute approximate surface area is 199 Å². The molecular weight excluding hydrogens is 498 g/mol. The van der Waals surface area contributed by atoms with Crippen molar-refractivity contribution in [2.24, 2.45) is 11.8 Å². The maximum absolute atomic E-state index is 13.5. The van der Waals surface area contributed by atoms with E-state index in [1.165, 1.54) is 12.1 Å². The first-order chi connectivity index (χ1) is 15.7. The van der Waals surface area contributed by atoms with Gasteiger partial charge in [0.15, 0.2) is 9.84 Å². The molecule has 11 heteroatoms. The number of aliphatic hydroxyl groups is 1. The molecule has 0 aromatic heterocycles. The Morgan fingerprint density at radius 3 is 2.32 bits per heavy atom. The molecule has 2 aliphatic carbocycles. The Hall–Kier alpha value is -2.17. The van der Waals surface area contributed by atoms with E-state index in [0.717, 1.165) is 25.0 Å². The van der Waals surface area contributed by atoms with Crippen molar-refractivity contribution < 1.29 is 35.9 Å². The third-order valence-electron chi connectivity index (χ3n) is 7.08. The molecule has 0 spiro atoms. The molecule has 2 N–H and O–H groups in total. The van der Waals surface area contributed by atoms with Crippen LogP contribution < -0.4 is 5.32 Å². The van der Waals surface area contributed by atoms with Gasteiger partial charge in [0.05, 0.1) is 26.3 Å². The van der Waals surface area contributed by atoms with E-state index in [0.29, 0.717) is 12.1 Å². The van der Waals surface area contributed by atoms with Gasteiger partial charge in [-0.2, -0.15) is 13.2 Å². The molecule has 1 amide bonds. The van der Waals surface area contributed by atoms with E-state index in [1.807, 2.05) is 0 Å². The summed E-state index contributed by atoms with van der Waals surface area (Å²) in [6.45, 7) is 1.73. The van der Waals surface area contributed by atoms with Crippen molar-refractivity contribution in [3.8, 4) is 0 Å². The zero-order chi connectivity index (χ0) is 25.1. The first kappa shape index (κ1) is 24.9. The number of carbonyl (C=O) groups is 1. The molecule has 0 heterocycles. The molecular formula is C23H22ClF4NO4S. The third-order valence-corrected chi connectivity index (χ3v) is 9.73. The SMILES string of the molecule is C[C@]1(O)C2CCC1C[C@@H](S(=O)(=O)c1cc(C(=O)Nc3ccc(F)c(C(F)(F)F)c3)ccc1Cl)C2. The summed E-state index contributed by atoms with van der Waals surface area (Å²) in [6, 6.07) is 5.60. The van der Waals surface area contributed by atoms with Crippen LogP contribution in [0.3, 0.4) is 0 Å². The van der Waals surface area contributed by atoms with Crippen LogP contribution in [0.4, 0.5) is 23.2 Å². The summed E-state index contributed by atoms with van der Waals surface area (Å²) in [5.74, 6) is -2.67. The average molecular weight is 520 g/mol. The van der Waals surface area contributed by atoms with Gasteiger partial charge in [0, 0.05) is 11.3 Å². The van der Waals surface area contributed by atoms with Crippen LogP contribution in [0.1, 0.15) is 48.5 Å². The fourth-order valence-corrected chi connectivity index (χ4v) is 7.48. The molecule has 184 valence electrons. The number of carbonyl (C=O) groups excluding carboxylic acids is 1. The largest absolute Gasteiger partial charge is 0.419 e. The van der Waals surface area contributed by atoms with E-state index in [2.05, 4.69) is 5.32 Å². The number of anilines is 1. The standard InChI is InChI=1S/C23H22ClF4NO4S/c1-22(31)13-3-4-14(22)10-16(9-13)34(32,33)20-8-12(2-6-18(20)24)21(30)29-15-5-7-19(25)17(11-15)23(26,27)28/h2,5-8,11,13-14,16,31H,3-4,9-10H2,1H3,(H,29,30)/t13?,14?,16-,22-. The normalized spacial score (nSPS) is 27.0. The molecule has 2 saturated carbocycles. The fourth-order valence-electron chi connectivity index (χ4n) is 5.08. The smallest absolute Gasteiger partial charge is 0.390 e. The predicted octanol–water partition coefficient (Wildman–Crippen LogP) is 5.46. The Balaban J connectivity index is 1.60. The maximum Gasteiger partial charge on any atom is 0.419 e. The number of hydrogen-bond donors (Lipinski definition) is 2. The van der Waals surface area contributed by atoms with Crippen LogP contribution >= 0.6 is 11.6 Å². The second-order valence-electron chi connectivity index (χ2n) is 9.13. The van der Waals surface area contributed by atoms with Crippen molar-refractivity contribution in [1.29, 1.82) is 0 Å². The molecule has 2 bridgehead atoms. The summed E-state index contributed by atoms with van der Waals surface area (Å²) < 4.78 is 79.2. The zero-order valence-corrected chi connectivity index (χ0v) is 19.6. The molecule has 2 aromatic carbocycles. The van der Waals surface area contributed by atoms with Crippen molar-refractivity contribution >= 4 is 33.0 Å². The summed E-state index contributed by atoms with van der Waals surface area (Å²) in [6.07, 6.45) is -2.94. The van der Waals surface area contributed by atoms with E-state index < -0.39 is 44.2 Å². The van der Waals surface area contributed by atoms with Crippen LogP contribution in [0, 0.1) is 17.7 Å². The summed E-state index contributed by atoms with van der Waals surface area (Å²) in [5, 5.41) is 12.0. The number of hydrogen-bond acceptors (Lipinski definition) is 4. The van der Waals surface area contributed by atoms with E-state index in [4.69, 9.17) is 11.6 Å². The lowest BCUT2D eigenvalue weighted by Gasteiger charge is -2.40. The highest BCUT2D eigenvalue weighted by Crippen LogP contribution is 2.51. The lowest BCUT2D eigenvalue weighted by atomic mass is 9.76. The molecule has 34 heavy (non-hydrogen) atoms. The molecule has 0 aliphatic heterocycles. The van der Waals surface area contributed by atoms with Crippen molar-refractivity contribution in [2.45, 2.75) is 54.5 Å². The van der Waals surface area contributed by atoms with Crippen LogP contribution in [0.2, 0.25) is 5.02 Å². The molecule has 2 aromatic rings. The minimum absolute atomic E-state index is 0.0811. The second-order valence-corrected chi connectivity index (χ2v) is 11.7. The van der Waals surface area contributed by atoms with Gasteiger partial charge in [0.25, 0.3) is 5.91 Å². The second kappa shape index (κ2) is 8.49. The first-order valence-corrected chi connectivity index (χ1v) is 12.6. The van der Waals surface area contributed by atoms with Crippen LogP contribution in [0.5, 0.6) is 0 Å². The Morgan fingerprint density at radius 1 is 1.12 bits per heavy atom. The quantitative estimate of drug-likeness (QED) is 0.525. The highest BCUT2D eigenvalue weighted by Gasteiger charge is 2.53. The van der Waals surface area contributed by atoms with E-state index in [1.54, 1.807) is 6.92 Å².